The van der Waals surface area contributed by atoms with Crippen LogP contribution in [0.1, 0.15) is 25.0 Å². The molecule has 0 N–H and O–H groups in total. The zero-order chi connectivity index (χ0) is 20.8. The van der Waals surface area contributed by atoms with Gasteiger partial charge >= 0.3 is 0 Å². The van der Waals surface area contributed by atoms with E-state index in [0.29, 0.717) is 5.75 Å². The van der Waals surface area contributed by atoms with Crippen LogP contribution in [0, 0.1) is 0 Å². The maximum Gasteiger partial charge on any atom is 0.162 e. The van der Waals surface area contributed by atoms with E-state index >= 15 is 0 Å². The molecule has 0 spiro atoms. The Morgan fingerprint density at radius 2 is 1.79 bits per heavy atom. The SMILES string of the molecule is C[SiH2]OC(O[SiH2]C)C(C)(C)c1ccc2c(c1)c1c(n2C)-c2ccccc2[S+]([O-])C1. The molecule has 4 rings (SSSR count). The molecule has 1 unspecified atom stereocenters. The van der Waals surface area contributed by atoms with Crippen LogP contribution in [0.25, 0.3) is 22.2 Å². The van der Waals surface area contributed by atoms with Crippen molar-refractivity contribution in [3.8, 4) is 11.3 Å². The largest absolute Gasteiger partial charge is 0.611 e. The van der Waals surface area contributed by atoms with Crippen molar-refractivity contribution in [2.75, 3.05) is 0 Å². The molecule has 0 bridgehead atoms. The monoisotopic (exact) mass is 443 g/mol. The standard InChI is InChI=1S/C22H29NO3SSi2/c1-22(2,21(25-28-4)26-29-5)14-10-11-18-16(12-14)17-13-27(24)19-9-7-6-8-15(19)20(17)23(18)3/h6-12,21H,13,28-29H2,1-5H3. The van der Waals surface area contributed by atoms with E-state index in [-0.39, 0.29) is 11.7 Å². The third kappa shape index (κ3) is 3.43. The van der Waals surface area contributed by atoms with Crippen molar-refractivity contribution in [2.24, 2.45) is 7.05 Å². The molecule has 1 aliphatic heterocycles. The van der Waals surface area contributed by atoms with Crippen LogP contribution in [-0.4, -0.2) is 34.9 Å². The Morgan fingerprint density at radius 1 is 1.10 bits per heavy atom. The summed E-state index contributed by atoms with van der Waals surface area (Å²) in [6, 6.07) is 14.7. The van der Waals surface area contributed by atoms with Gasteiger partial charge in [0.25, 0.3) is 0 Å². The van der Waals surface area contributed by atoms with Crippen LogP contribution in [0.4, 0.5) is 0 Å². The maximum atomic E-state index is 12.9. The second kappa shape index (κ2) is 8.05. The predicted molar refractivity (Wildman–Crippen MR) is 126 cm³/mol. The molecule has 0 saturated carbocycles. The molecule has 0 amide bonds. The van der Waals surface area contributed by atoms with Crippen molar-refractivity contribution in [1.29, 1.82) is 0 Å². The lowest BCUT2D eigenvalue weighted by Crippen LogP contribution is -2.39. The number of benzene rings is 2. The zero-order valence-electron chi connectivity index (χ0n) is 17.8. The smallest absolute Gasteiger partial charge is 0.162 e. The molecule has 1 atom stereocenters. The number of fused-ring (bicyclic) bond motifs is 5. The van der Waals surface area contributed by atoms with Crippen LogP contribution in [0.5, 0.6) is 0 Å². The lowest BCUT2D eigenvalue weighted by Gasteiger charge is -2.35. The van der Waals surface area contributed by atoms with Gasteiger partial charge in [0.05, 0.1) is 11.3 Å². The van der Waals surface area contributed by atoms with E-state index in [2.05, 4.69) is 62.8 Å². The molecule has 0 saturated heterocycles. The molecule has 2 aromatic carbocycles. The van der Waals surface area contributed by atoms with Crippen LogP contribution in [0.2, 0.25) is 13.1 Å². The average molecular weight is 444 g/mol. The van der Waals surface area contributed by atoms with Crippen LogP contribution >= 0.6 is 0 Å². The van der Waals surface area contributed by atoms with E-state index in [1.54, 1.807) is 0 Å². The highest BCUT2D eigenvalue weighted by molar-refractivity contribution is 7.90. The van der Waals surface area contributed by atoms with Crippen molar-refractivity contribution in [1.82, 2.24) is 4.57 Å². The fraction of sp³-hybridized carbons (Fsp3) is 0.364. The van der Waals surface area contributed by atoms with Crippen LogP contribution in [0.3, 0.4) is 0 Å². The Hall–Kier alpha value is -1.36. The highest BCUT2D eigenvalue weighted by Gasteiger charge is 2.35. The van der Waals surface area contributed by atoms with Gasteiger partial charge in [0.2, 0.25) is 0 Å². The van der Waals surface area contributed by atoms with Crippen molar-refractivity contribution in [2.45, 2.75) is 49.3 Å². The Kier molecular flexibility index (Phi) is 5.80. The van der Waals surface area contributed by atoms with Crippen molar-refractivity contribution >= 4 is 41.6 Å². The molecule has 1 aromatic heterocycles. The minimum Gasteiger partial charge on any atom is -0.611 e. The molecular weight excluding hydrogens is 414 g/mol. The van der Waals surface area contributed by atoms with Gasteiger partial charge in [-0.25, -0.2) is 0 Å². The van der Waals surface area contributed by atoms with Gasteiger partial charge in [-0.15, -0.1) is 0 Å². The van der Waals surface area contributed by atoms with Gasteiger partial charge in [-0.05, 0) is 41.0 Å². The van der Waals surface area contributed by atoms with Gasteiger partial charge in [0, 0.05) is 28.9 Å². The van der Waals surface area contributed by atoms with E-state index in [4.69, 9.17) is 8.85 Å². The highest BCUT2D eigenvalue weighted by Crippen LogP contribution is 2.43. The number of hydrogen-bond donors (Lipinski definition) is 0. The van der Waals surface area contributed by atoms with E-state index in [1.165, 1.54) is 27.7 Å². The fourth-order valence-electron chi connectivity index (χ4n) is 4.38. The van der Waals surface area contributed by atoms with Gasteiger partial charge in [-0.1, -0.05) is 45.1 Å². The topological polar surface area (TPSA) is 46.5 Å². The molecule has 0 radical (unpaired) electrons. The summed E-state index contributed by atoms with van der Waals surface area (Å²) in [5.41, 5.74) is 5.61. The summed E-state index contributed by atoms with van der Waals surface area (Å²) in [4.78, 5) is 0.939. The Labute approximate surface area is 180 Å². The van der Waals surface area contributed by atoms with Gasteiger partial charge in [-0.2, -0.15) is 0 Å². The van der Waals surface area contributed by atoms with Crippen molar-refractivity contribution in [3.63, 3.8) is 0 Å². The van der Waals surface area contributed by atoms with Gasteiger partial charge in [-0.3, -0.25) is 0 Å². The summed E-state index contributed by atoms with van der Waals surface area (Å²) in [6.07, 6.45) is -0.192. The molecule has 0 aliphatic carbocycles. The first-order valence-corrected chi connectivity index (χ1v) is 15.5. The third-order valence-corrected chi connectivity index (χ3v) is 8.61. The van der Waals surface area contributed by atoms with E-state index in [0.717, 1.165) is 10.5 Å². The molecule has 29 heavy (non-hydrogen) atoms. The van der Waals surface area contributed by atoms with Gasteiger partial charge in [0.1, 0.15) is 12.0 Å². The number of aromatic nitrogens is 1. The number of rotatable bonds is 6. The van der Waals surface area contributed by atoms with Crippen LogP contribution < -0.4 is 0 Å². The van der Waals surface area contributed by atoms with Crippen LogP contribution in [0.15, 0.2) is 47.4 Å². The molecular formula is C22H29NO3SSi2. The minimum absolute atomic E-state index is 0.192. The van der Waals surface area contributed by atoms with Crippen LogP contribution in [-0.2, 0) is 38.2 Å². The number of nitrogens with zero attached hydrogens (tertiary/aromatic N) is 1. The van der Waals surface area contributed by atoms with E-state index in [9.17, 15) is 4.55 Å². The molecule has 0 fully saturated rings. The molecule has 2 heterocycles. The summed E-state index contributed by atoms with van der Waals surface area (Å²) >= 11 is -1.01. The molecule has 3 aromatic rings. The third-order valence-electron chi connectivity index (χ3n) is 5.94. The van der Waals surface area contributed by atoms with Crippen molar-refractivity contribution < 1.29 is 13.4 Å². The Morgan fingerprint density at radius 3 is 2.48 bits per heavy atom. The molecule has 7 heteroatoms. The quantitative estimate of drug-likeness (QED) is 0.333. The molecule has 154 valence electrons. The second-order valence-corrected chi connectivity index (χ2v) is 11.3. The van der Waals surface area contributed by atoms with Gasteiger partial charge < -0.3 is 18.0 Å². The minimum atomic E-state index is -1.01. The second-order valence-electron chi connectivity index (χ2n) is 8.07. The Bertz CT molecular complexity index is 1040. The first-order valence-electron chi connectivity index (χ1n) is 10.2. The zero-order valence-corrected chi connectivity index (χ0v) is 21.5. The first kappa shape index (κ1) is 20.9. The Balaban J connectivity index is 1.88. The lowest BCUT2D eigenvalue weighted by molar-refractivity contribution is -0.0432. The fourth-order valence-corrected chi connectivity index (χ4v) is 7.56. The number of aryl methyl sites for hydroxylation is 1. The molecule has 4 nitrogen and oxygen atoms in total. The summed E-state index contributed by atoms with van der Waals surface area (Å²) in [6.45, 7) is 8.70. The number of hydrogen-bond acceptors (Lipinski definition) is 3. The average Bonchev–Trinajstić information content (AvgIpc) is 3.00. The molecule has 1 aliphatic rings. The van der Waals surface area contributed by atoms with E-state index in [1.807, 2.05) is 18.2 Å². The normalized spacial score (nSPS) is 18.1. The van der Waals surface area contributed by atoms with Crippen molar-refractivity contribution in [3.05, 3.63) is 53.6 Å². The predicted octanol–water partition coefficient (Wildman–Crippen LogP) is 3.37. The maximum absolute atomic E-state index is 12.9. The lowest BCUT2D eigenvalue weighted by atomic mass is 9.83. The highest BCUT2D eigenvalue weighted by atomic mass is 32.2. The summed E-state index contributed by atoms with van der Waals surface area (Å²) < 4.78 is 27.4. The first-order chi connectivity index (χ1) is 13.9. The summed E-state index contributed by atoms with van der Waals surface area (Å²) in [5.74, 6) is 0.563. The summed E-state index contributed by atoms with van der Waals surface area (Å²) in [5, 5.41) is 1.19. The van der Waals surface area contributed by atoms with E-state index < -0.39 is 30.7 Å². The summed E-state index contributed by atoms with van der Waals surface area (Å²) in [7, 11) is 0.957. The van der Waals surface area contributed by atoms with Gasteiger partial charge in [0.15, 0.2) is 24.4 Å².